The molecule has 1 saturated heterocycles. The van der Waals surface area contributed by atoms with E-state index in [2.05, 4.69) is 10.6 Å². The molecule has 2 rings (SSSR count). The third-order valence-corrected chi connectivity index (χ3v) is 3.95. The van der Waals surface area contributed by atoms with E-state index in [9.17, 15) is 9.59 Å². The number of nitrogens with one attached hydrogen (secondary N) is 2. The number of anilines is 1. The standard InChI is InChI=1S/C14H17ClN2O4/c1-14(4-3-5-16-14)13(20)17-10-7-11(21-2)8(12(18)19)6-9(10)15/h6-7,16H,3-5H2,1-2H3,(H,17,20)(H,18,19). The number of halogens is 1. The molecule has 1 amide bonds. The van der Waals surface area contributed by atoms with Crippen molar-refractivity contribution < 1.29 is 19.4 Å². The number of aromatic carboxylic acids is 1. The van der Waals surface area contributed by atoms with Gasteiger partial charge in [-0.2, -0.15) is 0 Å². The highest BCUT2D eigenvalue weighted by molar-refractivity contribution is 6.34. The van der Waals surface area contributed by atoms with E-state index < -0.39 is 11.5 Å². The molecule has 21 heavy (non-hydrogen) atoms. The number of benzene rings is 1. The Hall–Kier alpha value is -1.79. The highest BCUT2D eigenvalue weighted by Crippen LogP contribution is 2.32. The zero-order valence-corrected chi connectivity index (χ0v) is 12.6. The summed E-state index contributed by atoms with van der Waals surface area (Å²) in [5.41, 5.74) is -0.355. The molecular formula is C14H17ClN2O4. The number of carboxylic acid groups (broad SMARTS) is 1. The number of carbonyl (C=O) groups excluding carboxylic acids is 1. The molecule has 0 saturated carbocycles. The molecule has 0 bridgehead atoms. The van der Waals surface area contributed by atoms with Gasteiger partial charge in [0.2, 0.25) is 5.91 Å². The largest absolute Gasteiger partial charge is 0.496 e. The summed E-state index contributed by atoms with van der Waals surface area (Å²) in [5.74, 6) is -1.20. The van der Waals surface area contributed by atoms with Gasteiger partial charge in [-0.05, 0) is 32.4 Å². The fourth-order valence-corrected chi connectivity index (χ4v) is 2.54. The van der Waals surface area contributed by atoms with Crippen molar-refractivity contribution in [3.8, 4) is 5.75 Å². The molecule has 0 radical (unpaired) electrons. The van der Waals surface area contributed by atoms with Gasteiger partial charge in [0.1, 0.15) is 11.3 Å². The van der Waals surface area contributed by atoms with Crippen molar-refractivity contribution in [3.63, 3.8) is 0 Å². The summed E-state index contributed by atoms with van der Waals surface area (Å²) in [6.07, 6.45) is 1.67. The van der Waals surface area contributed by atoms with Gasteiger partial charge in [-0.15, -0.1) is 0 Å². The summed E-state index contributed by atoms with van der Waals surface area (Å²) in [6.45, 7) is 2.62. The maximum atomic E-state index is 12.3. The van der Waals surface area contributed by atoms with Gasteiger partial charge in [0.05, 0.1) is 23.4 Å². The van der Waals surface area contributed by atoms with Gasteiger partial charge in [-0.3, -0.25) is 4.79 Å². The van der Waals surface area contributed by atoms with Crippen molar-refractivity contribution in [1.82, 2.24) is 5.32 Å². The van der Waals surface area contributed by atoms with Gasteiger partial charge in [0.25, 0.3) is 0 Å². The molecule has 114 valence electrons. The SMILES string of the molecule is COc1cc(NC(=O)C2(C)CCCN2)c(Cl)cc1C(=O)O. The molecule has 1 heterocycles. The van der Waals surface area contributed by atoms with Gasteiger partial charge in [-0.1, -0.05) is 11.6 Å². The van der Waals surface area contributed by atoms with Crippen LogP contribution in [0.3, 0.4) is 0 Å². The predicted molar refractivity (Wildman–Crippen MR) is 79.2 cm³/mol. The highest BCUT2D eigenvalue weighted by Gasteiger charge is 2.36. The molecule has 7 heteroatoms. The normalized spacial score (nSPS) is 21.1. The Labute approximate surface area is 127 Å². The molecule has 6 nitrogen and oxygen atoms in total. The Morgan fingerprint density at radius 3 is 2.71 bits per heavy atom. The lowest BCUT2D eigenvalue weighted by molar-refractivity contribution is -0.121. The Bertz CT molecular complexity index is 583. The van der Waals surface area contributed by atoms with Crippen LogP contribution in [0.1, 0.15) is 30.1 Å². The van der Waals surface area contributed by atoms with E-state index in [0.29, 0.717) is 5.69 Å². The van der Waals surface area contributed by atoms with Crippen LogP contribution in [0, 0.1) is 0 Å². The first-order valence-corrected chi connectivity index (χ1v) is 6.92. The Morgan fingerprint density at radius 1 is 1.48 bits per heavy atom. The van der Waals surface area contributed by atoms with E-state index in [1.807, 2.05) is 6.92 Å². The molecule has 0 aliphatic carbocycles. The van der Waals surface area contributed by atoms with Crippen LogP contribution >= 0.6 is 11.6 Å². The van der Waals surface area contributed by atoms with Crippen LogP contribution in [-0.4, -0.2) is 36.2 Å². The van der Waals surface area contributed by atoms with Crippen LogP contribution in [-0.2, 0) is 4.79 Å². The average molecular weight is 313 g/mol. The van der Waals surface area contributed by atoms with E-state index in [-0.39, 0.29) is 22.2 Å². The van der Waals surface area contributed by atoms with Crippen LogP contribution in [0.4, 0.5) is 5.69 Å². The lowest BCUT2D eigenvalue weighted by atomic mass is 9.99. The lowest BCUT2D eigenvalue weighted by Gasteiger charge is -2.23. The number of methoxy groups -OCH3 is 1. The minimum atomic E-state index is -1.14. The Morgan fingerprint density at radius 2 is 2.19 bits per heavy atom. The molecule has 1 fully saturated rings. The van der Waals surface area contributed by atoms with E-state index in [1.54, 1.807) is 0 Å². The fraction of sp³-hybridized carbons (Fsp3) is 0.429. The molecule has 1 aliphatic heterocycles. The quantitative estimate of drug-likeness (QED) is 0.792. The lowest BCUT2D eigenvalue weighted by Crippen LogP contribution is -2.48. The summed E-state index contributed by atoms with van der Waals surface area (Å²) in [6, 6.07) is 2.69. The van der Waals surface area contributed by atoms with E-state index >= 15 is 0 Å². The number of carboxylic acids is 1. The fourth-order valence-electron chi connectivity index (χ4n) is 2.33. The highest BCUT2D eigenvalue weighted by atomic mass is 35.5. The van der Waals surface area contributed by atoms with Crippen LogP contribution in [0.2, 0.25) is 5.02 Å². The maximum Gasteiger partial charge on any atom is 0.339 e. The Balaban J connectivity index is 2.28. The molecule has 3 N–H and O–H groups in total. The molecule has 0 aromatic heterocycles. The average Bonchev–Trinajstić information content (AvgIpc) is 2.88. The van der Waals surface area contributed by atoms with Gasteiger partial charge < -0.3 is 20.5 Å². The van der Waals surface area contributed by atoms with Crippen LogP contribution < -0.4 is 15.4 Å². The second-order valence-electron chi connectivity index (χ2n) is 5.15. The van der Waals surface area contributed by atoms with E-state index in [0.717, 1.165) is 19.4 Å². The third-order valence-electron chi connectivity index (χ3n) is 3.64. The second-order valence-corrected chi connectivity index (χ2v) is 5.56. The molecule has 1 aromatic carbocycles. The third kappa shape index (κ3) is 3.11. The van der Waals surface area contributed by atoms with E-state index in [1.165, 1.54) is 19.2 Å². The number of carbonyl (C=O) groups is 2. The molecule has 0 spiro atoms. The zero-order valence-electron chi connectivity index (χ0n) is 11.8. The van der Waals surface area contributed by atoms with Crippen molar-refractivity contribution in [2.75, 3.05) is 19.0 Å². The van der Waals surface area contributed by atoms with Gasteiger partial charge >= 0.3 is 5.97 Å². The molecule has 1 unspecified atom stereocenters. The predicted octanol–water partition coefficient (Wildman–Crippen LogP) is 2.13. The monoisotopic (exact) mass is 312 g/mol. The van der Waals surface area contributed by atoms with Gasteiger partial charge in [0, 0.05) is 6.07 Å². The van der Waals surface area contributed by atoms with Gasteiger partial charge in [-0.25, -0.2) is 4.79 Å². The second kappa shape index (κ2) is 5.91. The molecule has 1 atom stereocenters. The number of hydrogen-bond donors (Lipinski definition) is 3. The molecule has 1 aromatic rings. The van der Waals surface area contributed by atoms with Crippen molar-refractivity contribution in [2.24, 2.45) is 0 Å². The van der Waals surface area contributed by atoms with Crippen LogP contribution in [0.5, 0.6) is 5.75 Å². The van der Waals surface area contributed by atoms with Crippen molar-refractivity contribution in [1.29, 1.82) is 0 Å². The number of rotatable bonds is 4. The summed E-state index contributed by atoms with van der Waals surface area (Å²) < 4.78 is 5.03. The van der Waals surface area contributed by atoms with Crippen molar-refractivity contribution >= 4 is 29.2 Å². The number of amides is 1. The summed E-state index contributed by atoms with van der Waals surface area (Å²) in [5, 5.41) is 15.1. The minimum absolute atomic E-state index is 0.0503. The van der Waals surface area contributed by atoms with Gasteiger partial charge in [0.15, 0.2) is 0 Å². The molecular weight excluding hydrogens is 296 g/mol. The first-order chi connectivity index (χ1) is 9.87. The summed E-state index contributed by atoms with van der Waals surface area (Å²) in [4.78, 5) is 23.4. The van der Waals surface area contributed by atoms with Crippen molar-refractivity contribution in [2.45, 2.75) is 25.3 Å². The summed E-state index contributed by atoms with van der Waals surface area (Å²) in [7, 11) is 1.36. The maximum absolute atomic E-state index is 12.3. The minimum Gasteiger partial charge on any atom is -0.496 e. The Kier molecular flexibility index (Phi) is 4.39. The zero-order chi connectivity index (χ0) is 15.6. The smallest absolute Gasteiger partial charge is 0.339 e. The van der Waals surface area contributed by atoms with Crippen molar-refractivity contribution in [3.05, 3.63) is 22.7 Å². The summed E-state index contributed by atoms with van der Waals surface area (Å²) >= 11 is 6.04. The number of ether oxygens (including phenoxy) is 1. The van der Waals surface area contributed by atoms with Crippen LogP contribution in [0.25, 0.3) is 0 Å². The molecule has 1 aliphatic rings. The van der Waals surface area contributed by atoms with E-state index in [4.69, 9.17) is 21.4 Å². The van der Waals surface area contributed by atoms with Crippen LogP contribution in [0.15, 0.2) is 12.1 Å². The first kappa shape index (κ1) is 15.6. The first-order valence-electron chi connectivity index (χ1n) is 6.55. The topological polar surface area (TPSA) is 87.7 Å². The number of hydrogen-bond acceptors (Lipinski definition) is 4.